The van der Waals surface area contributed by atoms with Crippen molar-refractivity contribution in [3.63, 3.8) is 0 Å². The number of ether oxygens (including phenoxy) is 1. The van der Waals surface area contributed by atoms with Crippen LogP contribution in [0.25, 0.3) is 0 Å². The Labute approximate surface area is 88.0 Å². The maximum Gasteiger partial charge on any atom is 0.168 e. The monoisotopic (exact) mass is 215 g/mol. The van der Waals surface area contributed by atoms with Gasteiger partial charge in [0.15, 0.2) is 11.6 Å². The van der Waals surface area contributed by atoms with E-state index in [4.69, 9.17) is 10.5 Å². The van der Waals surface area contributed by atoms with Gasteiger partial charge in [-0.25, -0.2) is 8.78 Å². The molecule has 4 heteroatoms. The topological polar surface area (TPSA) is 35.2 Å². The number of benzene rings is 1. The second kappa shape index (κ2) is 5.07. The third-order valence-corrected chi connectivity index (χ3v) is 2.16. The van der Waals surface area contributed by atoms with Gasteiger partial charge in [0.25, 0.3) is 0 Å². The van der Waals surface area contributed by atoms with Crippen LogP contribution in [0.1, 0.15) is 18.9 Å². The Hall–Kier alpha value is -1.16. The van der Waals surface area contributed by atoms with Gasteiger partial charge >= 0.3 is 0 Å². The highest BCUT2D eigenvalue weighted by Gasteiger charge is 2.12. The second-order valence-corrected chi connectivity index (χ2v) is 3.60. The van der Waals surface area contributed by atoms with Crippen molar-refractivity contribution >= 4 is 0 Å². The Kier molecular flexibility index (Phi) is 4.03. The smallest absolute Gasteiger partial charge is 0.168 e. The minimum absolute atomic E-state index is 0.000958. The fraction of sp³-hybridized carbons (Fsp3) is 0.455. The second-order valence-electron chi connectivity index (χ2n) is 3.60. The Morgan fingerprint density at radius 1 is 1.40 bits per heavy atom. The lowest BCUT2D eigenvalue weighted by molar-refractivity contribution is 0.377. The van der Waals surface area contributed by atoms with Crippen LogP contribution < -0.4 is 10.5 Å². The van der Waals surface area contributed by atoms with E-state index in [-0.39, 0.29) is 11.8 Å². The van der Waals surface area contributed by atoms with Gasteiger partial charge in [-0.15, -0.1) is 0 Å². The van der Waals surface area contributed by atoms with E-state index < -0.39 is 11.6 Å². The lowest BCUT2D eigenvalue weighted by Gasteiger charge is -2.10. The molecule has 0 heterocycles. The van der Waals surface area contributed by atoms with Crippen LogP contribution in [-0.4, -0.2) is 13.2 Å². The molecule has 0 bridgehead atoms. The zero-order valence-electron chi connectivity index (χ0n) is 8.89. The van der Waals surface area contributed by atoms with Crippen molar-refractivity contribution in [2.75, 3.05) is 7.11 Å². The first-order valence-electron chi connectivity index (χ1n) is 4.82. The standard InChI is InChI=1S/C11H15F2NO/c1-7(14)3-4-8-5-9(12)6-10(13)11(8)15-2/h5-7H,3-4,14H2,1-2H3. The van der Waals surface area contributed by atoms with E-state index in [2.05, 4.69) is 0 Å². The maximum atomic E-state index is 13.2. The van der Waals surface area contributed by atoms with Gasteiger partial charge in [-0.3, -0.25) is 0 Å². The van der Waals surface area contributed by atoms with E-state index in [0.29, 0.717) is 18.4 Å². The molecule has 0 saturated heterocycles. The summed E-state index contributed by atoms with van der Waals surface area (Å²) in [6, 6.07) is 2.10. The maximum absolute atomic E-state index is 13.2. The van der Waals surface area contributed by atoms with Gasteiger partial charge in [-0.05, 0) is 25.8 Å². The van der Waals surface area contributed by atoms with Crippen LogP contribution in [0.15, 0.2) is 12.1 Å². The van der Waals surface area contributed by atoms with Crippen LogP contribution in [0.2, 0.25) is 0 Å². The Morgan fingerprint density at radius 2 is 2.07 bits per heavy atom. The lowest BCUT2D eigenvalue weighted by Crippen LogP contribution is -2.15. The SMILES string of the molecule is COc1c(F)cc(F)cc1CCC(C)N. The third-order valence-electron chi connectivity index (χ3n) is 2.16. The van der Waals surface area contributed by atoms with Crippen molar-refractivity contribution in [3.8, 4) is 5.75 Å². The number of hydrogen-bond donors (Lipinski definition) is 1. The number of halogens is 2. The quantitative estimate of drug-likeness (QED) is 0.836. The number of hydrogen-bond acceptors (Lipinski definition) is 2. The molecule has 1 unspecified atom stereocenters. The van der Waals surface area contributed by atoms with Crippen molar-refractivity contribution < 1.29 is 13.5 Å². The molecule has 1 rings (SSSR count). The van der Waals surface area contributed by atoms with E-state index >= 15 is 0 Å². The molecule has 0 fully saturated rings. The third kappa shape index (κ3) is 3.16. The molecule has 0 spiro atoms. The minimum atomic E-state index is -0.669. The molecule has 0 aliphatic heterocycles. The highest BCUT2D eigenvalue weighted by atomic mass is 19.1. The number of aryl methyl sites for hydroxylation is 1. The van der Waals surface area contributed by atoms with Crippen LogP contribution in [0.3, 0.4) is 0 Å². The van der Waals surface area contributed by atoms with Crippen LogP contribution in [0.5, 0.6) is 5.75 Å². The molecule has 0 aliphatic rings. The van der Waals surface area contributed by atoms with Gasteiger partial charge in [0.1, 0.15) is 5.82 Å². The number of methoxy groups -OCH3 is 1. The Morgan fingerprint density at radius 3 is 2.60 bits per heavy atom. The molecule has 0 aromatic heterocycles. The molecule has 2 nitrogen and oxygen atoms in total. The summed E-state index contributed by atoms with van der Waals surface area (Å²) < 4.78 is 31.1. The van der Waals surface area contributed by atoms with Crippen molar-refractivity contribution in [2.45, 2.75) is 25.8 Å². The zero-order chi connectivity index (χ0) is 11.4. The molecular formula is C11H15F2NO. The fourth-order valence-electron chi connectivity index (χ4n) is 1.41. The largest absolute Gasteiger partial charge is 0.493 e. The Balaban J connectivity index is 2.93. The normalized spacial score (nSPS) is 12.6. The predicted molar refractivity (Wildman–Crippen MR) is 54.9 cm³/mol. The summed E-state index contributed by atoms with van der Waals surface area (Å²) >= 11 is 0. The van der Waals surface area contributed by atoms with E-state index in [1.165, 1.54) is 13.2 Å². The minimum Gasteiger partial charge on any atom is -0.493 e. The van der Waals surface area contributed by atoms with Gasteiger partial charge in [-0.2, -0.15) is 0 Å². The molecule has 0 saturated carbocycles. The number of rotatable bonds is 4. The highest BCUT2D eigenvalue weighted by Crippen LogP contribution is 2.25. The van der Waals surface area contributed by atoms with Crippen molar-refractivity contribution in [2.24, 2.45) is 5.73 Å². The van der Waals surface area contributed by atoms with Crippen LogP contribution in [0.4, 0.5) is 8.78 Å². The lowest BCUT2D eigenvalue weighted by atomic mass is 10.1. The molecule has 1 aromatic rings. The highest BCUT2D eigenvalue weighted by molar-refractivity contribution is 5.35. The summed E-state index contributed by atoms with van der Waals surface area (Å²) in [5.41, 5.74) is 6.10. The van der Waals surface area contributed by atoms with Crippen LogP contribution in [0, 0.1) is 11.6 Å². The van der Waals surface area contributed by atoms with Gasteiger partial charge in [0, 0.05) is 17.7 Å². The van der Waals surface area contributed by atoms with Gasteiger partial charge in [0.2, 0.25) is 0 Å². The van der Waals surface area contributed by atoms with E-state index in [0.717, 1.165) is 6.07 Å². The van der Waals surface area contributed by atoms with E-state index in [1.807, 2.05) is 6.92 Å². The molecular weight excluding hydrogens is 200 g/mol. The predicted octanol–water partition coefficient (Wildman–Crippen LogP) is 2.25. The Bertz CT molecular complexity index is 340. The first-order chi connectivity index (χ1) is 7.04. The summed E-state index contributed by atoms with van der Waals surface area (Å²) in [4.78, 5) is 0. The van der Waals surface area contributed by atoms with Crippen molar-refractivity contribution in [3.05, 3.63) is 29.3 Å². The summed E-state index contributed by atoms with van der Waals surface area (Å²) in [6.07, 6.45) is 1.18. The van der Waals surface area contributed by atoms with Crippen molar-refractivity contribution in [1.82, 2.24) is 0 Å². The molecule has 0 radical (unpaired) electrons. The van der Waals surface area contributed by atoms with Crippen LogP contribution in [-0.2, 0) is 6.42 Å². The average molecular weight is 215 g/mol. The molecule has 84 valence electrons. The molecule has 0 amide bonds. The van der Waals surface area contributed by atoms with E-state index in [9.17, 15) is 8.78 Å². The molecule has 1 aromatic carbocycles. The summed E-state index contributed by atoms with van der Waals surface area (Å²) in [5, 5.41) is 0. The summed E-state index contributed by atoms with van der Waals surface area (Å²) in [5.74, 6) is -1.15. The molecule has 15 heavy (non-hydrogen) atoms. The van der Waals surface area contributed by atoms with Gasteiger partial charge < -0.3 is 10.5 Å². The van der Waals surface area contributed by atoms with E-state index in [1.54, 1.807) is 0 Å². The van der Waals surface area contributed by atoms with Crippen LogP contribution >= 0.6 is 0 Å². The number of nitrogens with two attached hydrogens (primary N) is 1. The van der Waals surface area contributed by atoms with Gasteiger partial charge in [-0.1, -0.05) is 0 Å². The fourth-order valence-corrected chi connectivity index (χ4v) is 1.41. The molecule has 0 aliphatic carbocycles. The summed E-state index contributed by atoms with van der Waals surface area (Å²) in [7, 11) is 1.37. The molecule has 1 atom stereocenters. The first kappa shape index (κ1) is 11.9. The van der Waals surface area contributed by atoms with Crippen molar-refractivity contribution in [1.29, 1.82) is 0 Å². The average Bonchev–Trinajstić information content (AvgIpc) is 2.13. The zero-order valence-corrected chi connectivity index (χ0v) is 8.89. The van der Waals surface area contributed by atoms with Gasteiger partial charge in [0.05, 0.1) is 7.11 Å². The first-order valence-corrected chi connectivity index (χ1v) is 4.82. The summed E-state index contributed by atoms with van der Waals surface area (Å²) in [6.45, 7) is 1.85. The molecule has 2 N–H and O–H groups in total.